The lowest BCUT2D eigenvalue weighted by molar-refractivity contribution is 0.469. The van der Waals surface area contributed by atoms with Crippen molar-refractivity contribution >= 4 is 0 Å². The third kappa shape index (κ3) is 363. The fraction of sp³-hybridized carbons (Fsp3) is 1.00. The van der Waals surface area contributed by atoms with E-state index in [1.165, 1.54) is 6.42 Å². The quantitative estimate of drug-likeness (QED) is 0.480. The van der Waals surface area contributed by atoms with Crippen LogP contribution in [0.25, 0.3) is 0 Å². The van der Waals surface area contributed by atoms with Crippen LogP contribution in [0.3, 0.4) is 0 Å². The van der Waals surface area contributed by atoms with Crippen molar-refractivity contribution < 1.29 is 0 Å². The molecule has 0 spiro atoms. The van der Waals surface area contributed by atoms with E-state index in [1.807, 2.05) is 27.7 Å². The van der Waals surface area contributed by atoms with Gasteiger partial charge in [0.25, 0.3) is 0 Å². The Hall–Kier alpha value is 0. The van der Waals surface area contributed by atoms with E-state index in [1.54, 1.807) is 0 Å². The number of hydrogen-bond acceptors (Lipinski definition) is 0. The van der Waals surface area contributed by atoms with Gasteiger partial charge in [0, 0.05) is 0 Å². The molecule has 0 aliphatic heterocycles. The van der Waals surface area contributed by atoms with Crippen molar-refractivity contribution in [2.45, 2.75) is 82.6 Å². The summed E-state index contributed by atoms with van der Waals surface area (Å²) in [5.74, 6) is 0.884. The van der Waals surface area contributed by atoms with Crippen LogP contribution in [-0.2, 0) is 0 Å². The molecule has 0 heterocycles. The standard InChI is InChI=1S/2C5H12.2C2H6/c1-5(2,3)4;1-4-5(2)3;2*1-2/h1-4H3;5H,4H2,1-3H3;2*1-2H3. The van der Waals surface area contributed by atoms with Crippen LogP contribution in [0.4, 0.5) is 0 Å². The molecule has 0 rings (SSSR count). The molecule has 0 aliphatic carbocycles. The summed E-state index contributed by atoms with van der Waals surface area (Å²) in [5, 5.41) is 0. The molecule has 0 radical (unpaired) electrons. The summed E-state index contributed by atoms with van der Waals surface area (Å²) in [4.78, 5) is 0. The minimum absolute atomic E-state index is 0.500. The van der Waals surface area contributed by atoms with Crippen molar-refractivity contribution in [2.75, 3.05) is 0 Å². The second-order valence-corrected chi connectivity index (χ2v) is 4.80. The summed E-state index contributed by atoms with van der Waals surface area (Å²) >= 11 is 0. The van der Waals surface area contributed by atoms with E-state index in [-0.39, 0.29) is 0 Å². The van der Waals surface area contributed by atoms with Gasteiger partial charge >= 0.3 is 0 Å². The van der Waals surface area contributed by atoms with Crippen molar-refractivity contribution in [3.8, 4) is 0 Å². The van der Waals surface area contributed by atoms with E-state index in [0.29, 0.717) is 5.41 Å². The maximum atomic E-state index is 2.22. The highest BCUT2D eigenvalue weighted by Crippen LogP contribution is 2.08. The second-order valence-electron chi connectivity index (χ2n) is 4.80. The van der Waals surface area contributed by atoms with Crippen molar-refractivity contribution in [2.24, 2.45) is 11.3 Å². The summed E-state index contributed by atoms with van der Waals surface area (Å²) in [6.45, 7) is 23.4. The van der Waals surface area contributed by atoms with Crippen molar-refractivity contribution in [3.63, 3.8) is 0 Å². The highest BCUT2D eigenvalue weighted by atomic mass is 14.0. The first kappa shape index (κ1) is 23.7. The molecule has 0 aliphatic rings. The molecule has 0 aromatic heterocycles. The molecule has 0 heteroatoms. The molecule has 0 unspecified atom stereocenters. The van der Waals surface area contributed by atoms with Crippen molar-refractivity contribution in [1.82, 2.24) is 0 Å². The van der Waals surface area contributed by atoms with E-state index >= 15 is 0 Å². The first-order valence-corrected chi connectivity index (χ1v) is 6.27. The Morgan fingerprint density at radius 1 is 0.786 bits per heavy atom. The minimum Gasteiger partial charge on any atom is -0.0683 e. The lowest BCUT2D eigenvalue weighted by Crippen LogP contribution is -1.93. The fourth-order valence-electron chi connectivity index (χ4n) is 0. The van der Waals surface area contributed by atoms with Crippen LogP contribution in [0, 0.1) is 11.3 Å². The summed E-state index contributed by atoms with van der Waals surface area (Å²) in [7, 11) is 0. The highest BCUT2D eigenvalue weighted by molar-refractivity contribution is 4.47. The molecular formula is C14H36. The average molecular weight is 204 g/mol. The topological polar surface area (TPSA) is 0 Å². The minimum atomic E-state index is 0.500. The van der Waals surface area contributed by atoms with Gasteiger partial charge in [-0.05, 0) is 11.3 Å². The Balaban J connectivity index is -0.0000000528. The molecule has 0 N–H and O–H groups in total. The van der Waals surface area contributed by atoms with Gasteiger partial charge < -0.3 is 0 Å². The molecule has 0 atom stereocenters. The van der Waals surface area contributed by atoms with E-state index < -0.39 is 0 Å². The molecule has 0 amide bonds. The SMILES string of the molecule is CC.CC.CC(C)(C)C.CCC(C)C. The van der Waals surface area contributed by atoms with E-state index in [0.717, 1.165) is 5.92 Å². The molecule has 14 heavy (non-hydrogen) atoms. The van der Waals surface area contributed by atoms with Crippen LogP contribution < -0.4 is 0 Å². The van der Waals surface area contributed by atoms with Crippen molar-refractivity contribution in [3.05, 3.63) is 0 Å². The Labute approximate surface area is 94.5 Å². The van der Waals surface area contributed by atoms with E-state index in [4.69, 9.17) is 0 Å². The van der Waals surface area contributed by atoms with Gasteiger partial charge in [-0.1, -0.05) is 82.6 Å². The maximum Gasteiger partial charge on any atom is -0.0411 e. The first-order valence-electron chi connectivity index (χ1n) is 6.27. The van der Waals surface area contributed by atoms with Crippen LogP contribution >= 0.6 is 0 Å². The summed E-state index contributed by atoms with van der Waals surface area (Å²) in [6.07, 6.45) is 1.31. The summed E-state index contributed by atoms with van der Waals surface area (Å²) in [5.41, 5.74) is 0.500. The maximum absolute atomic E-state index is 2.22. The van der Waals surface area contributed by atoms with Gasteiger partial charge in [-0.3, -0.25) is 0 Å². The van der Waals surface area contributed by atoms with Crippen molar-refractivity contribution in [1.29, 1.82) is 0 Å². The van der Waals surface area contributed by atoms with Gasteiger partial charge in [-0.15, -0.1) is 0 Å². The van der Waals surface area contributed by atoms with Gasteiger partial charge in [0.15, 0.2) is 0 Å². The zero-order chi connectivity index (χ0) is 12.8. The lowest BCUT2D eigenvalue weighted by atomic mass is 10.0. The number of rotatable bonds is 1. The lowest BCUT2D eigenvalue weighted by Gasteiger charge is -2.05. The predicted molar refractivity (Wildman–Crippen MR) is 73.0 cm³/mol. The molecular weight excluding hydrogens is 168 g/mol. The number of hydrogen-bond donors (Lipinski definition) is 0. The zero-order valence-corrected chi connectivity index (χ0v) is 12.8. The van der Waals surface area contributed by atoms with Gasteiger partial charge in [-0.2, -0.15) is 0 Å². The van der Waals surface area contributed by atoms with Gasteiger partial charge in [0.05, 0.1) is 0 Å². The molecule has 0 saturated heterocycles. The third-order valence-corrected chi connectivity index (χ3v) is 0.816. The molecule has 0 fully saturated rings. The van der Waals surface area contributed by atoms with Gasteiger partial charge in [0.1, 0.15) is 0 Å². The van der Waals surface area contributed by atoms with E-state index in [9.17, 15) is 0 Å². The van der Waals surface area contributed by atoms with Gasteiger partial charge in [-0.25, -0.2) is 0 Å². The zero-order valence-electron chi connectivity index (χ0n) is 12.8. The first-order chi connectivity index (χ1) is 6.27. The van der Waals surface area contributed by atoms with Gasteiger partial charge in [0.2, 0.25) is 0 Å². The summed E-state index contributed by atoms with van der Waals surface area (Å²) in [6, 6.07) is 0. The Bertz CT molecular complexity index is 48.9. The second kappa shape index (κ2) is 18.7. The monoisotopic (exact) mass is 204 g/mol. The Morgan fingerprint density at radius 3 is 0.857 bits per heavy atom. The summed E-state index contributed by atoms with van der Waals surface area (Å²) < 4.78 is 0. The average Bonchev–Trinajstić information content (AvgIpc) is 2.09. The fourth-order valence-corrected chi connectivity index (χ4v) is 0. The molecule has 0 bridgehead atoms. The smallest absolute Gasteiger partial charge is 0.0411 e. The molecule has 0 aromatic carbocycles. The molecule has 92 valence electrons. The van der Waals surface area contributed by atoms with Crippen LogP contribution in [0.5, 0.6) is 0 Å². The largest absolute Gasteiger partial charge is 0.0683 e. The van der Waals surface area contributed by atoms with Crippen LogP contribution in [0.2, 0.25) is 0 Å². The Morgan fingerprint density at radius 2 is 0.857 bits per heavy atom. The predicted octanol–water partition coefficient (Wildman–Crippen LogP) is 6.16. The van der Waals surface area contributed by atoms with Crippen LogP contribution in [0.1, 0.15) is 82.6 Å². The highest BCUT2D eigenvalue weighted by Gasteiger charge is 1.95. The molecule has 0 aromatic rings. The molecule has 0 nitrogen and oxygen atoms in total. The van der Waals surface area contributed by atoms with E-state index in [2.05, 4.69) is 48.5 Å². The third-order valence-electron chi connectivity index (χ3n) is 0.816. The van der Waals surface area contributed by atoms with Crippen LogP contribution in [0.15, 0.2) is 0 Å². The normalized spacial score (nSPS) is 8.57. The Kier molecular flexibility index (Phi) is 31.6. The van der Waals surface area contributed by atoms with Crippen LogP contribution in [-0.4, -0.2) is 0 Å². The molecule has 0 saturated carbocycles.